The molecule has 29 heavy (non-hydrogen) atoms. The fourth-order valence-corrected chi connectivity index (χ4v) is 3.31. The number of aromatic nitrogens is 8. The average Bonchev–Trinajstić information content (AvgIpc) is 3.52. The van der Waals surface area contributed by atoms with Crippen LogP contribution in [0, 0.1) is 0 Å². The Morgan fingerprint density at radius 1 is 0.828 bits per heavy atom. The number of nitrogens with one attached hydrogen (secondary N) is 2. The fraction of sp³-hybridized carbons (Fsp3) is 0. The summed E-state index contributed by atoms with van der Waals surface area (Å²) in [5.74, 6) is 0.609. The lowest BCUT2D eigenvalue weighted by Gasteiger charge is -1.99. The maximum absolute atomic E-state index is 5.19. The smallest absolute Gasteiger partial charge is 0.161 e. The second-order valence-electron chi connectivity index (χ2n) is 6.45. The van der Waals surface area contributed by atoms with Crippen molar-refractivity contribution in [3.05, 3.63) is 61.7 Å². The summed E-state index contributed by atoms with van der Waals surface area (Å²) in [5, 5.41) is 7.45. The van der Waals surface area contributed by atoms with E-state index in [0.29, 0.717) is 17.0 Å². The highest BCUT2D eigenvalue weighted by molar-refractivity contribution is 5.94. The van der Waals surface area contributed by atoms with E-state index in [4.69, 9.17) is 14.4 Å². The third kappa shape index (κ3) is 2.48. The Morgan fingerprint density at radius 2 is 1.72 bits per heavy atom. The van der Waals surface area contributed by atoms with Gasteiger partial charge in [-0.3, -0.25) is 10.1 Å². The van der Waals surface area contributed by atoms with Crippen LogP contribution in [-0.4, -0.2) is 40.1 Å². The first-order valence-electron chi connectivity index (χ1n) is 8.85. The molecule has 0 aliphatic carbocycles. The Balaban J connectivity index is 1.53. The molecule has 0 atom stereocenters. The molecule has 0 radical (unpaired) electrons. The third-order valence-electron chi connectivity index (χ3n) is 4.68. The molecule has 9 nitrogen and oxygen atoms in total. The Morgan fingerprint density at radius 3 is 2.59 bits per heavy atom. The lowest BCUT2D eigenvalue weighted by atomic mass is 10.2. The molecule has 9 heteroatoms. The number of imidazole rings is 1. The van der Waals surface area contributed by atoms with Crippen LogP contribution in [0.3, 0.4) is 0 Å². The monoisotopic (exact) mass is 380 g/mol. The van der Waals surface area contributed by atoms with Gasteiger partial charge in [0.1, 0.15) is 23.1 Å². The van der Waals surface area contributed by atoms with Crippen LogP contribution in [0.1, 0.15) is 0 Å². The summed E-state index contributed by atoms with van der Waals surface area (Å²) in [6.07, 6.45) is 9.95. The van der Waals surface area contributed by atoms with Crippen molar-refractivity contribution in [3.8, 4) is 34.0 Å². The molecule has 0 unspecified atom stereocenters. The molecule has 0 bridgehead atoms. The van der Waals surface area contributed by atoms with E-state index in [1.807, 2.05) is 24.3 Å². The number of furan rings is 1. The predicted octanol–water partition coefficient (Wildman–Crippen LogP) is 3.61. The van der Waals surface area contributed by atoms with Crippen LogP contribution in [0.15, 0.2) is 66.1 Å². The third-order valence-corrected chi connectivity index (χ3v) is 4.68. The lowest BCUT2D eigenvalue weighted by molar-refractivity contribution is 0.568. The van der Waals surface area contributed by atoms with E-state index in [-0.39, 0.29) is 0 Å². The Labute approximate surface area is 162 Å². The Hall–Kier alpha value is -4.40. The average molecular weight is 380 g/mol. The standard InChI is InChI=1S/C20H12N8O/c1-2-15-18(24-13(1)12-7-21-10-22-8-12)19(28-27-15)20-25-14-3-5-23-16(17(14)26-20)11-4-6-29-9-11/h1-10H,(H,25,26)(H,27,28). The van der Waals surface area contributed by atoms with Gasteiger partial charge in [-0.15, -0.1) is 0 Å². The summed E-state index contributed by atoms with van der Waals surface area (Å²) >= 11 is 0. The van der Waals surface area contributed by atoms with Gasteiger partial charge in [-0.05, 0) is 24.3 Å². The van der Waals surface area contributed by atoms with Gasteiger partial charge >= 0.3 is 0 Å². The second kappa shape index (κ2) is 6.06. The van der Waals surface area contributed by atoms with Gasteiger partial charge in [0.05, 0.1) is 29.3 Å². The molecular formula is C20H12N8O. The lowest BCUT2D eigenvalue weighted by Crippen LogP contribution is -1.88. The summed E-state index contributed by atoms with van der Waals surface area (Å²) < 4.78 is 5.19. The van der Waals surface area contributed by atoms with E-state index in [9.17, 15) is 0 Å². The zero-order valence-electron chi connectivity index (χ0n) is 14.9. The molecular weight excluding hydrogens is 368 g/mol. The number of rotatable bonds is 3. The highest BCUT2D eigenvalue weighted by Crippen LogP contribution is 2.30. The molecule has 0 aromatic carbocycles. The van der Waals surface area contributed by atoms with E-state index in [2.05, 4.69) is 30.1 Å². The summed E-state index contributed by atoms with van der Waals surface area (Å²) in [7, 11) is 0. The minimum absolute atomic E-state index is 0.609. The fourth-order valence-electron chi connectivity index (χ4n) is 3.31. The molecule has 6 aromatic rings. The largest absolute Gasteiger partial charge is 0.472 e. The van der Waals surface area contributed by atoms with Crippen molar-refractivity contribution < 1.29 is 4.42 Å². The van der Waals surface area contributed by atoms with E-state index in [0.717, 1.165) is 39.1 Å². The van der Waals surface area contributed by atoms with E-state index in [1.165, 1.54) is 6.33 Å². The normalized spacial score (nSPS) is 11.4. The summed E-state index contributed by atoms with van der Waals surface area (Å²) in [5.41, 5.74) is 6.96. The van der Waals surface area contributed by atoms with Gasteiger partial charge < -0.3 is 9.40 Å². The number of nitrogens with zero attached hydrogens (tertiary/aromatic N) is 6. The van der Waals surface area contributed by atoms with Crippen molar-refractivity contribution >= 4 is 22.1 Å². The highest BCUT2D eigenvalue weighted by Gasteiger charge is 2.17. The Bertz CT molecular complexity index is 1450. The van der Waals surface area contributed by atoms with Crippen molar-refractivity contribution in [3.63, 3.8) is 0 Å². The molecule has 0 aliphatic heterocycles. The van der Waals surface area contributed by atoms with E-state index in [1.54, 1.807) is 31.1 Å². The molecule has 0 saturated heterocycles. The molecule has 0 saturated carbocycles. The van der Waals surface area contributed by atoms with Crippen molar-refractivity contribution in [1.82, 2.24) is 40.1 Å². The van der Waals surface area contributed by atoms with Crippen molar-refractivity contribution in [1.29, 1.82) is 0 Å². The van der Waals surface area contributed by atoms with Crippen LogP contribution in [-0.2, 0) is 0 Å². The van der Waals surface area contributed by atoms with Gasteiger partial charge in [-0.1, -0.05) is 0 Å². The van der Waals surface area contributed by atoms with Crippen LogP contribution >= 0.6 is 0 Å². The van der Waals surface area contributed by atoms with Crippen molar-refractivity contribution in [2.45, 2.75) is 0 Å². The first-order valence-corrected chi connectivity index (χ1v) is 8.85. The van der Waals surface area contributed by atoms with Gasteiger partial charge in [-0.2, -0.15) is 5.10 Å². The Kier molecular flexibility index (Phi) is 3.27. The van der Waals surface area contributed by atoms with Crippen molar-refractivity contribution in [2.24, 2.45) is 0 Å². The number of pyridine rings is 2. The van der Waals surface area contributed by atoms with Crippen LogP contribution < -0.4 is 0 Å². The van der Waals surface area contributed by atoms with Crippen LogP contribution in [0.25, 0.3) is 56.1 Å². The van der Waals surface area contributed by atoms with Gasteiger partial charge in [-0.25, -0.2) is 19.9 Å². The molecule has 0 amide bonds. The summed E-state index contributed by atoms with van der Waals surface area (Å²) in [6.45, 7) is 0. The number of fused-ring (bicyclic) bond motifs is 2. The van der Waals surface area contributed by atoms with Crippen molar-refractivity contribution in [2.75, 3.05) is 0 Å². The second-order valence-corrected chi connectivity index (χ2v) is 6.45. The van der Waals surface area contributed by atoms with Gasteiger partial charge in [0.25, 0.3) is 0 Å². The first-order chi connectivity index (χ1) is 14.4. The summed E-state index contributed by atoms with van der Waals surface area (Å²) in [6, 6.07) is 7.57. The van der Waals surface area contributed by atoms with Gasteiger partial charge in [0.15, 0.2) is 11.5 Å². The van der Waals surface area contributed by atoms with E-state index < -0.39 is 0 Å². The molecule has 0 fully saturated rings. The first kappa shape index (κ1) is 15.6. The quantitative estimate of drug-likeness (QED) is 0.481. The number of aromatic amines is 2. The molecule has 2 N–H and O–H groups in total. The SMILES string of the molecule is c1ncc(-c2ccc3[nH]nc(-c4nc5c(-c6ccoc6)nccc5[nH]4)c3n2)cn1. The zero-order chi connectivity index (χ0) is 19.2. The van der Waals surface area contributed by atoms with Gasteiger partial charge in [0, 0.05) is 29.7 Å². The topological polar surface area (TPSA) is 122 Å². The molecule has 0 spiro atoms. The molecule has 6 aromatic heterocycles. The molecule has 0 aliphatic rings. The molecule has 138 valence electrons. The van der Waals surface area contributed by atoms with Crippen LogP contribution in [0.2, 0.25) is 0 Å². The van der Waals surface area contributed by atoms with Crippen LogP contribution in [0.5, 0.6) is 0 Å². The number of hydrogen-bond donors (Lipinski definition) is 2. The predicted molar refractivity (Wildman–Crippen MR) is 105 cm³/mol. The number of H-pyrrole nitrogens is 2. The maximum Gasteiger partial charge on any atom is 0.161 e. The van der Waals surface area contributed by atoms with E-state index >= 15 is 0 Å². The summed E-state index contributed by atoms with van der Waals surface area (Å²) in [4.78, 5) is 25.4. The molecule has 6 heterocycles. The molecule has 6 rings (SSSR count). The zero-order valence-corrected chi connectivity index (χ0v) is 14.9. The van der Waals surface area contributed by atoms with Crippen LogP contribution in [0.4, 0.5) is 0 Å². The highest BCUT2D eigenvalue weighted by atomic mass is 16.3. The minimum atomic E-state index is 0.609. The maximum atomic E-state index is 5.19. The van der Waals surface area contributed by atoms with Gasteiger partial charge in [0.2, 0.25) is 0 Å². The number of hydrogen-bond acceptors (Lipinski definition) is 7. The minimum Gasteiger partial charge on any atom is -0.472 e.